The van der Waals surface area contributed by atoms with E-state index in [1.807, 2.05) is 12.1 Å². The Morgan fingerprint density at radius 3 is 2.50 bits per heavy atom. The first-order chi connectivity index (χ1) is 7.65. The largest absolute Gasteiger partial charge is 0.251 e. The Kier molecular flexibility index (Phi) is 3.91. The minimum absolute atomic E-state index is 0.143. The Morgan fingerprint density at radius 2 is 1.94 bits per heavy atom. The average molecular weight is 293 g/mol. The average Bonchev–Trinajstić information content (AvgIpc) is 2.68. The first-order valence-electron chi connectivity index (χ1n) is 4.27. The second-order valence-electron chi connectivity index (χ2n) is 2.95. The van der Waals surface area contributed by atoms with E-state index in [2.05, 4.69) is 9.36 Å². The van der Waals surface area contributed by atoms with Crippen LogP contribution < -0.4 is 0 Å². The first-order valence-corrected chi connectivity index (χ1v) is 7.12. The second-order valence-corrected chi connectivity index (χ2v) is 6.10. The molecule has 0 aliphatic heterocycles. The Morgan fingerprint density at radius 1 is 1.25 bits per heavy atom. The van der Waals surface area contributed by atoms with Gasteiger partial charge in [0.2, 0.25) is 9.62 Å². The van der Waals surface area contributed by atoms with Crippen molar-refractivity contribution in [3.05, 3.63) is 40.1 Å². The highest BCUT2D eigenvalue weighted by Gasteiger charge is 2.10. The van der Waals surface area contributed by atoms with Gasteiger partial charge >= 0.3 is 0 Å². The number of nitrogens with zero attached hydrogens (tertiary/aromatic N) is 2. The van der Waals surface area contributed by atoms with E-state index in [1.165, 1.54) is 0 Å². The fourth-order valence-electron chi connectivity index (χ4n) is 1.08. The van der Waals surface area contributed by atoms with Crippen molar-refractivity contribution in [2.24, 2.45) is 0 Å². The number of rotatable bonds is 3. The standard InChI is InChI=1S/C9H6Cl2N2OS2/c10-7-3-1-6(2-4-7)5-16(14)9-12-8(11)13-15-9/h1-4H,5H2. The summed E-state index contributed by atoms with van der Waals surface area (Å²) >= 11 is 12.4. The summed E-state index contributed by atoms with van der Waals surface area (Å²) in [5.41, 5.74) is 0.939. The summed E-state index contributed by atoms with van der Waals surface area (Å²) in [6.45, 7) is 0. The van der Waals surface area contributed by atoms with Crippen LogP contribution in [-0.4, -0.2) is 13.6 Å². The minimum Gasteiger partial charge on any atom is -0.251 e. The third-order valence-corrected chi connectivity index (χ3v) is 4.68. The summed E-state index contributed by atoms with van der Waals surface area (Å²) in [6, 6.07) is 7.20. The molecule has 1 heterocycles. The molecule has 7 heteroatoms. The van der Waals surface area contributed by atoms with Crippen molar-refractivity contribution in [1.82, 2.24) is 9.36 Å². The van der Waals surface area contributed by atoms with Crippen molar-refractivity contribution in [1.29, 1.82) is 0 Å². The van der Waals surface area contributed by atoms with Crippen molar-refractivity contribution in [3.63, 3.8) is 0 Å². The topological polar surface area (TPSA) is 42.9 Å². The van der Waals surface area contributed by atoms with Crippen LogP contribution in [0.4, 0.5) is 0 Å². The summed E-state index contributed by atoms with van der Waals surface area (Å²) in [5.74, 6) is 0.392. The third kappa shape index (κ3) is 3.01. The first kappa shape index (κ1) is 12.0. The van der Waals surface area contributed by atoms with Crippen LogP contribution in [0, 0.1) is 0 Å². The van der Waals surface area contributed by atoms with E-state index in [-0.39, 0.29) is 5.28 Å². The Bertz CT molecular complexity index is 512. The highest BCUT2D eigenvalue weighted by Crippen LogP contribution is 2.17. The zero-order valence-corrected chi connectivity index (χ0v) is 11.0. The van der Waals surface area contributed by atoms with Gasteiger partial charge in [0.05, 0.1) is 16.6 Å². The molecule has 1 unspecified atom stereocenters. The molecule has 0 bridgehead atoms. The number of halogens is 2. The molecule has 3 nitrogen and oxygen atoms in total. The van der Waals surface area contributed by atoms with Crippen molar-refractivity contribution in [2.45, 2.75) is 10.1 Å². The third-order valence-electron chi connectivity index (χ3n) is 1.79. The van der Waals surface area contributed by atoms with Crippen LogP contribution in [0.2, 0.25) is 10.3 Å². The lowest BCUT2D eigenvalue weighted by molar-refractivity contribution is 0.682. The molecule has 2 aromatic rings. The van der Waals surface area contributed by atoms with Gasteiger partial charge in [0, 0.05) is 5.02 Å². The molecule has 1 atom stereocenters. The molecule has 0 aliphatic carbocycles. The van der Waals surface area contributed by atoms with Crippen LogP contribution >= 0.6 is 34.7 Å². The van der Waals surface area contributed by atoms with E-state index in [9.17, 15) is 4.21 Å². The Balaban J connectivity index is 2.10. The van der Waals surface area contributed by atoms with Gasteiger partial charge in [-0.3, -0.25) is 4.21 Å². The monoisotopic (exact) mass is 292 g/mol. The zero-order valence-electron chi connectivity index (χ0n) is 7.89. The van der Waals surface area contributed by atoms with E-state index in [4.69, 9.17) is 23.2 Å². The fraction of sp³-hybridized carbons (Fsp3) is 0.111. The van der Waals surface area contributed by atoms with E-state index >= 15 is 0 Å². The second kappa shape index (κ2) is 5.23. The molecule has 0 saturated heterocycles. The lowest BCUT2D eigenvalue weighted by Gasteiger charge is -1.98. The van der Waals surface area contributed by atoms with Gasteiger partial charge in [-0.15, -0.1) is 0 Å². The van der Waals surface area contributed by atoms with E-state index < -0.39 is 10.8 Å². The number of aromatic nitrogens is 2. The molecule has 1 aromatic carbocycles. The van der Waals surface area contributed by atoms with E-state index in [1.54, 1.807) is 12.1 Å². The van der Waals surface area contributed by atoms with Crippen molar-refractivity contribution in [2.75, 3.05) is 0 Å². The summed E-state index contributed by atoms with van der Waals surface area (Å²) in [6.07, 6.45) is 0. The van der Waals surface area contributed by atoms with Gasteiger partial charge in [0.25, 0.3) is 0 Å². The number of hydrogen-bond acceptors (Lipinski definition) is 4. The van der Waals surface area contributed by atoms with Crippen molar-refractivity contribution in [3.8, 4) is 0 Å². The fourth-order valence-corrected chi connectivity index (χ4v) is 3.24. The van der Waals surface area contributed by atoms with Crippen LogP contribution in [0.15, 0.2) is 28.6 Å². The molecular formula is C9H6Cl2N2OS2. The molecule has 16 heavy (non-hydrogen) atoms. The maximum absolute atomic E-state index is 11.8. The summed E-state index contributed by atoms with van der Waals surface area (Å²) < 4.78 is 16.1. The van der Waals surface area contributed by atoms with Crippen LogP contribution in [0.25, 0.3) is 0 Å². The normalized spacial score (nSPS) is 12.6. The molecule has 0 radical (unpaired) electrons. The van der Waals surface area contributed by atoms with Crippen LogP contribution in [0.5, 0.6) is 0 Å². The molecule has 84 valence electrons. The molecule has 0 N–H and O–H groups in total. The highest BCUT2D eigenvalue weighted by molar-refractivity contribution is 7.86. The van der Waals surface area contributed by atoms with Gasteiger partial charge in [-0.25, -0.2) is 0 Å². The molecule has 0 saturated carbocycles. The quantitative estimate of drug-likeness (QED) is 0.873. The number of benzene rings is 1. The maximum Gasteiger partial charge on any atom is 0.235 e. The molecule has 0 amide bonds. The van der Waals surface area contributed by atoms with E-state index in [0.717, 1.165) is 17.1 Å². The molecule has 0 aliphatic rings. The van der Waals surface area contributed by atoms with Gasteiger partial charge in [-0.2, -0.15) is 9.36 Å². The molecule has 1 aromatic heterocycles. The van der Waals surface area contributed by atoms with Gasteiger partial charge in [-0.1, -0.05) is 23.7 Å². The highest BCUT2D eigenvalue weighted by atomic mass is 35.5. The molecular weight excluding hydrogens is 287 g/mol. The zero-order chi connectivity index (χ0) is 11.5. The van der Waals surface area contributed by atoms with E-state index in [0.29, 0.717) is 15.1 Å². The predicted octanol–water partition coefficient (Wildman–Crippen LogP) is 3.15. The predicted molar refractivity (Wildman–Crippen MR) is 66.5 cm³/mol. The Hall–Kier alpha value is -0.490. The SMILES string of the molecule is O=S(Cc1ccc(Cl)cc1)c1nc(Cl)ns1. The van der Waals surface area contributed by atoms with Gasteiger partial charge < -0.3 is 0 Å². The van der Waals surface area contributed by atoms with Gasteiger partial charge in [-0.05, 0) is 40.8 Å². The van der Waals surface area contributed by atoms with Crippen molar-refractivity contribution >= 4 is 45.5 Å². The summed E-state index contributed by atoms with van der Waals surface area (Å²) in [7, 11) is -1.20. The summed E-state index contributed by atoms with van der Waals surface area (Å²) in [5, 5.41) is 0.804. The van der Waals surface area contributed by atoms with Gasteiger partial charge in [0.1, 0.15) is 0 Å². The van der Waals surface area contributed by atoms with Crippen LogP contribution in [0.1, 0.15) is 5.56 Å². The molecule has 2 rings (SSSR count). The minimum atomic E-state index is -1.20. The number of hydrogen-bond donors (Lipinski definition) is 0. The van der Waals surface area contributed by atoms with Crippen LogP contribution in [-0.2, 0) is 16.6 Å². The lowest BCUT2D eigenvalue weighted by Crippen LogP contribution is -1.95. The molecule has 0 spiro atoms. The maximum atomic E-state index is 11.8. The summed E-state index contributed by atoms with van der Waals surface area (Å²) in [4.78, 5) is 3.87. The lowest BCUT2D eigenvalue weighted by atomic mass is 10.2. The van der Waals surface area contributed by atoms with Crippen LogP contribution in [0.3, 0.4) is 0 Å². The Labute approximate surface area is 109 Å². The smallest absolute Gasteiger partial charge is 0.235 e. The molecule has 0 fully saturated rings. The van der Waals surface area contributed by atoms with Crippen molar-refractivity contribution < 1.29 is 4.21 Å². The van der Waals surface area contributed by atoms with Gasteiger partial charge in [0.15, 0.2) is 0 Å².